The van der Waals surface area contributed by atoms with Gasteiger partial charge in [0, 0.05) is 23.9 Å². The van der Waals surface area contributed by atoms with Crippen molar-refractivity contribution < 1.29 is 13.6 Å². The molecule has 0 heterocycles. The summed E-state index contributed by atoms with van der Waals surface area (Å²) in [7, 11) is 0. The van der Waals surface area contributed by atoms with Crippen molar-refractivity contribution in [1.29, 1.82) is 0 Å². The van der Waals surface area contributed by atoms with E-state index in [9.17, 15) is 13.6 Å². The molecular weight excluding hydrogens is 250 g/mol. The lowest BCUT2D eigenvalue weighted by Gasteiger charge is -2.08. The Labute approximate surface area is 109 Å². The Morgan fingerprint density at radius 1 is 1.05 bits per heavy atom. The topological polar surface area (TPSA) is 41.1 Å². The zero-order chi connectivity index (χ0) is 13.7. The third-order valence-electron chi connectivity index (χ3n) is 2.49. The molecule has 0 aliphatic rings. The molecule has 0 bridgehead atoms. The minimum atomic E-state index is -0.681. The van der Waals surface area contributed by atoms with Crippen LogP contribution in [0.2, 0.25) is 0 Å². The fraction of sp³-hybridized carbons (Fsp3) is 0.0714. The van der Waals surface area contributed by atoms with E-state index in [2.05, 4.69) is 10.6 Å². The highest BCUT2D eigenvalue weighted by atomic mass is 19.1. The summed E-state index contributed by atoms with van der Waals surface area (Å²) in [5.74, 6) is -1.32. The molecule has 0 spiro atoms. The van der Waals surface area contributed by atoms with Crippen molar-refractivity contribution in [3.63, 3.8) is 0 Å². The summed E-state index contributed by atoms with van der Waals surface area (Å²) in [6.45, 7) is -0.00915. The van der Waals surface area contributed by atoms with Crippen molar-refractivity contribution in [1.82, 2.24) is 5.32 Å². The second-order valence-electron chi connectivity index (χ2n) is 3.91. The molecule has 0 aliphatic carbocycles. The van der Waals surface area contributed by atoms with E-state index in [-0.39, 0.29) is 12.1 Å². The molecule has 0 aliphatic heterocycles. The summed E-state index contributed by atoms with van der Waals surface area (Å²) in [6, 6.07) is 11.7. The summed E-state index contributed by atoms with van der Waals surface area (Å²) in [5.41, 5.74) is 0.865. The van der Waals surface area contributed by atoms with Crippen LogP contribution in [-0.2, 0) is 6.54 Å². The summed E-state index contributed by atoms with van der Waals surface area (Å²) in [5, 5.41) is 5.09. The van der Waals surface area contributed by atoms with Crippen LogP contribution in [0.15, 0.2) is 48.5 Å². The van der Waals surface area contributed by atoms with Crippen molar-refractivity contribution >= 4 is 11.7 Å². The second-order valence-corrected chi connectivity index (χ2v) is 3.91. The molecule has 19 heavy (non-hydrogen) atoms. The van der Waals surface area contributed by atoms with E-state index < -0.39 is 17.7 Å². The SMILES string of the molecule is O=C(NCc1ccc(F)cc1F)Nc1ccccc1. The molecule has 5 heteroatoms. The summed E-state index contributed by atoms with van der Waals surface area (Å²) < 4.78 is 26.0. The molecule has 2 aromatic carbocycles. The van der Waals surface area contributed by atoms with Gasteiger partial charge in [0.15, 0.2) is 0 Å². The summed E-state index contributed by atoms with van der Waals surface area (Å²) >= 11 is 0. The lowest BCUT2D eigenvalue weighted by molar-refractivity contribution is 0.251. The van der Waals surface area contributed by atoms with E-state index in [1.54, 1.807) is 24.3 Å². The van der Waals surface area contributed by atoms with Gasteiger partial charge in [-0.3, -0.25) is 0 Å². The van der Waals surface area contributed by atoms with Crippen LogP contribution in [0.25, 0.3) is 0 Å². The Morgan fingerprint density at radius 2 is 1.79 bits per heavy atom. The number of amides is 2. The van der Waals surface area contributed by atoms with Crippen molar-refractivity contribution in [2.24, 2.45) is 0 Å². The Balaban J connectivity index is 1.90. The zero-order valence-electron chi connectivity index (χ0n) is 9.99. The monoisotopic (exact) mass is 262 g/mol. The normalized spacial score (nSPS) is 10.0. The smallest absolute Gasteiger partial charge is 0.319 e. The highest BCUT2D eigenvalue weighted by Gasteiger charge is 2.06. The lowest BCUT2D eigenvalue weighted by atomic mass is 10.2. The molecular formula is C14H12F2N2O. The van der Waals surface area contributed by atoms with Crippen LogP contribution in [0.5, 0.6) is 0 Å². The van der Waals surface area contributed by atoms with Gasteiger partial charge < -0.3 is 10.6 Å². The van der Waals surface area contributed by atoms with Crippen LogP contribution < -0.4 is 10.6 Å². The number of hydrogen-bond donors (Lipinski definition) is 2. The van der Waals surface area contributed by atoms with Crippen LogP contribution in [0.1, 0.15) is 5.56 Å². The van der Waals surface area contributed by atoms with Gasteiger partial charge in [-0.15, -0.1) is 0 Å². The fourth-order valence-corrected chi connectivity index (χ4v) is 1.54. The Hall–Kier alpha value is -2.43. The molecule has 2 amide bonds. The van der Waals surface area contributed by atoms with E-state index in [4.69, 9.17) is 0 Å². The maximum Gasteiger partial charge on any atom is 0.319 e. The lowest BCUT2D eigenvalue weighted by Crippen LogP contribution is -2.28. The van der Waals surface area contributed by atoms with Gasteiger partial charge in [-0.1, -0.05) is 24.3 Å². The third-order valence-corrected chi connectivity index (χ3v) is 2.49. The summed E-state index contributed by atoms with van der Waals surface area (Å²) in [6.07, 6.45) is 0. The highest BCUT2D eigenvalue weighted by Crippen LogP contribution is 2.09. The number of halogens is 2. The highest BCUT2D eigenvalue weighted by molar-refractivity contribution is 5.89. The average Bonchev–Trinajstić information content (AvgIpc) is 2.39. The third kappa shape index (κ3) is 3.77. The maximum atomic E-state index is 13.3. The van der Waals surface area contributed by atoms with Gasteiger partial charge in [0.05, 0.1) is 0 Å². The van der Waals surface area contributed by atoms with E-state index in [0.717, 1.165) is 12.1 Å². The van der Waals surface area contributed by atoms with Crippen LogP contribution >= 0.6 is 0 Å². The number of anilines is 1. The van der Waals surface area contributed by atoms with E-state index in [0.29, 0.717) is 5.69 Å². The molecule has 3 nitrogen and oxygen atoms in total. The minimum Gasteiger partial charge on any atom is -0.334 e. The molecule has 0 radical (unpaired) electrons. The number of carbonyl (C=O) groups is 1. The van der Waals surface area contributed by atoms with Crippen molar-refractivity contribution in [3.05, 3.63) is 65.7 Å². The van der Waals surface area contributed by atoms with E-state index in [1.165, 1.54) is 6.07 Å². The van der Waals surface area contributed by atoms with Gasteiger partial charge in [-0.2, -0.15) is 0 Å². The molecule has 2 N–H and O–H groups in total. The average molecular weight is 262 g/mol. The Kier molecular flexibility index (Phi) is 4.07. The largest absolute Gasteiger partial charge is 0.334 e. The van der Waals surface area contributed by atoms with Gasteiger partial charge >= 0.3 is 6.03 Å². The fourth-order valence-electron chi connectivity index (χ4n) is 1.54. The van der Waals surface area contributed by atoms with E-state index in [1.807, 2.05) is 6.07 Å². The molecule has 0 aromatic heterocycles. The van der Waals surface area contributed by atoms with Crippen molar-refractivity contribution in [2.45, 2.75) is 6.54 Å². The standard InChI is InChI=1S/C14H12F2N2O/c15-11-7-6-10(13(16)8-11)9-17-14(19)18-12-4-2-1-3-5-12/h1-8H,9H2,(H2,17,18,19). The molecule has 2 rings (SSSR count). The predicted octanol–water partition coefficient (Wildman–Crippen LogP) is 3.29. The Bertz CT molecular complexity index is 573. The molecule has 2 aromatic rings. The van der Waals surface area contributed by atoms with Gasteiger partial charge in [0.2, 0.25) is 0 Å². The summed E-state index contributed by atoms with van der Waals surface area (Å²) in [4.78, 5) is 11.5. The Morgan fingerprint density at radius 3 is 2.47 bits per heavy atom. The first-order chi connectivity index (χ1) is 9.15. The maximum absolute atomic E-state index is 13.3. The molecule has 0 saturated heterocycles. The number of carbonyl (C=O) groups excluding carboxylic acids is 1. The van der Waals surface area contributed by atoms with Crippen LogP contribution in [0, 0.1) is 11.6 Å². The molecule has 0 atom stereocenters. The minimum absolute atomic E-state index is 0.00915. The number of nitrogens with one attached hydrogen (secondary N) is 2. The van der Waals surface area contributed by atoms with Crippen molar-refractivity contribution in [3.8, 4) is 0 Å². The molecule has 98 valence electrons. The molecule has 0 saturated carbocycles. The quantitative estimate of drug-likeness (QED) is 0.875. The number of rotatable bonds is 3. The molecule has 0 fully saturated rings. The van der Waals surface area contributed by atoms with Gasteiger partial charge in [-0.05, 0) is 18.2 Å². The first kappa shape index (κ1) is 13.0. The number of urea groups is 1. The number of benzene rings is 2. The number of para-hydroxylation sites is 1. The first-order valence-electron chi connectivity index (χ1n) is 5.69. The van der Waals surface area contributed by atoms with Gasteiger partial charge in [0.25, 0.3) is 0 Å². The van der Waals surface area contributed by atoms with E-state index >= 15 is 0 Å². The predicted molar refractivity (Wildman–Crippen MR) is 68.7 cm³/mol. The van der Waals surface area contributed by atoms with Gasteiger partial charge in [0.1, 0.15) is 11.6 Å². The first-order valence-corrected chi connectivity index (χ1v) is 5.69. The van der Waals surface area contributed by atoms with Crippen LogP contribution in [0.4, 0.5) is 19.3 Å². The van der Waals surface area contributed by atoms with Gasteiger partial charge in [-0.25, -0.2) is 13.6 Å². The second kappa shape index (κ2) is 5.95. The van der Waals surface area contributed by atoms with Crippen LogP contribution in [0.3, 0.4) is 0 Å². The molecule has 0 unspecified atom stereocenters. The number of hydrogen-bond acceptors (Lipinski definition) is 1. The zero-order valence-corrected chi connectivity index (χ0v) is 9.99. The van der Waals surface area contributed by atoms with Crippen molar-refractivity contribution in [2.75, 3.05) is 5.32 Å². The van der Waals surface area contributed by atoms with Crippen LogP contribution in [-0.4, -0.2) is 6.03 Å².